The Morgan fingerprint density at radius 2 is 2.42 bits per heavy atom. The Morgan fingerprint density at radius 1 is 1.58 bits per heavy atom. The number of rotatable bonds is 6. The average Bonchev–Trinajstić information content (AvgIpc) is 3.03. The van der Waals surface area contributed by atoms with Gasteiger partial charge in [-0.25, -0.2) is 9.78 Å². The van der Waals surface area contributed by atoms with E-state index in [0.29, 0.717) is 6.54 Å². The van der Waals surface area contributed by atoms with Crippen LogP contribution in [0.5, 0.6) is 0 Å². The van der Waals surface area contributed by atoms with Gasteiger partial charge >= 0.3 is 5.97 Å². The Morgan fingerprint density at radius 3 is 3.11 bits per heavy atom. The predicted molar refractivity (Wildman–Crippen MR) is 72.3 cm³/mol. The Balaban J connectivity index is 1.80. The normalized spacial score (nSPS) is 10.6. The second-order valence-electron chi connectivity index (χ2n) is 4.08. The van der Waals surface area contributed by atoms with Crippen LogP contribution in [-0.2, 0) is 17.7 Å². The minimum Gasteiger partial charge on any atom is -0.463 e. The molecular formula is C13H16N2O3S. The molecule has 5 nitrogen and oxygen atoms in total. The van der Waals surface area contributed by atoms with Gasteiger partial charge in [-0.05, 0) is 13.0 Å². The van der Waals surface area contributed by atoms with E-state index in [1.165, 1.54) is 13.4 Å². The molecule has 1 N–H and O–H groups in total. The number of methoxy groups -OCH3 is 1. The summed E-state index contributed by atoms with van der Waals surface area (Å²) in [5.41, 5.74) is 1.87. The van der Waals surface area contributed by atoms with Gasteiger partial charge in [-0.1, -0.05) is 0 Å². The van der Waals surface area contributed by atoms with Gasteiger partial charge in [-0.3, -0.25) is 0 Å². The van der Waals surface area contributed by atoms with Crippen molar-refractivity contribution in [1.82, 2.24) is 10.3 Å². The van der Waals surface area contributed by atoms with E-state index in [1.54, 1.807) is 17.4 Å². The number of carbonyl (C=O) groups excluding carboxylic acids is 1. The molecule has 0 aliphatic rings. The van der Waals surface area contributed by atoms with Crippen LogP contribution in [0.3, 0.4) is 0 Å². The number of hydrogen-bond donors (Lipinski definition) is 1. The molecule has 0 amide bonds. The summed E-state index contributed by atoms with van der Waals surface area (Å²) in [6.07, 6.45) is 2.37. The van der Waals surface area contributed by atoms with Crippen molar-refractivity contribution < 1.29 is 13.9 Å². The number of hydrogen-bond acceptors (Lipinski definition) is 6. The highest BCUT2D eigenvalue weighted by Gasteiger charge is 2.15. The lowest BCUT2D eigenvalue weighted by Gasteiger charge is -2.03. The number of nitrogens with zero attached hydrogens (tertiary/aromatic N) is 1. The van der Waals surface area contributed by atoms with E-state index in [1.807, 2.05) is 12.3 Å². The second-order valence-corrected chi connectivity index (χ2v) is 5.02. The highest BCUT2D eigenvalue weighted by atomic mass is 32.1. The standard InChI is InChI=1S/C13H16N2O3S/c1-9-8-19-11(15-9)3-5-14-7-10-4-6-18-12(10)13(16)17-2/h4,6,8,14H,3,5,7H2,1-2H3. The molecule has 0 fully saturated rings. The molecule has 2 rings (SSSR count). The first-order valence-corrected chi connectivity index (χ1v) is 6.85. The zero-order valence-corrected chi connectivity index (χ0v) is 11.8. The van der Waals surface area contributed by atoms with E-state index in [4.69, 9.17) is 4.42 Å². The number of thiazole rings is 1. The summed E-state index contributed by atoms with van der Waals surface area (Å²) < 4.78 is 9.76. The summed E-state index contributed by atoms with van der Waals surface area (Å²) in [6, 6.07) is 1.77. The Kier molecular flexibility index (Phi) is 4.70. The molecule has 2 heterocycles. The van der Waals surface area contributed by atoms with E-state index < -0.39 is 5.97 Å². The van der Waals surface area contributed by atoms with Crippen molar-refractivity contribution in [3.8, 4) is 0 Å². The van der Waals surface area contributed by atoms with Gasteiger partial charge in [0.05, 0.1) is 18.4 Å². The molecule has 0 saturated heterocycles. The number of aryl methyl sites for hydroxylation is 1. The Bertz CT molecular complexity index is 548. The zero-order chi connectivity index (χ0) is 13.7. The largest absolute Gasteiger partial charge is 0.463 e. The Hall–Kier alpha value is -1.66. The van der Waals surface area contributed by atoms with Crippen LogP contribution < -0.4 is 5.32 Å². The molecule has 0 aliphatic carbocycles. The molecule has 0 aliphatic heterocycles. The summed E-state index contributed by atoms with van der Waals surface area (Å²) in [7, 11) is 1.34. The lowest BCUT2D eigenvalue weighted by Crippen LogP contribution is -2.18. The van der Waals surface area contributed by atoms with Gasteiger partial charge in [0, 0.05) is 36.1 Å². The molecule has 0 unspecified atom stereocenters. The lowest BCUT2D eigenvalue weighted by atomic mass is 10.2. The van der Waals surface area contributed by atoms with Gasteiger partial charge in [0.25, 0.3) is 0 Å². The fourth-order valence-corrected chi connectivity index (χ4v) is 2.46. The third-order valence-electron chi connectivity index (χ3n) is 2.62. The smallest absolute Gasteiger partial charge is 0.374 e. The first-order chi connectivity index (χ1) is 9.20. The first kappa shape index (κ1) is 13.8. The van der Waals surface area contributed by atoms with E-state index >= 15 is 0 Å². The molecule has 0 spiro atoms. The summed E-state index contributed by atoms with van der Waals surface area (Å²) >= 11 is 1.67. The lowest BCUT2D eigenvalue weighted by molar-refractivity contribution is 0.0563. The number of carbonyl (C=O) groups is 1. The SMILES string of the molecule is COC(=O)c1occc1CNCCc1nc(C)cs1. The van der Waals surface area contributed by atoms with Gasteiger partial charge in [0.15, 0.2) is 0 Å². The van der Waals surface area contributed by atoms with Crippen LogP contribution in [0.4, 0.5) is 0 Å². The number of aromatic nitrogens is 1. The molecule has 0 aromatic carbocycles. The Labute approximate surface area is 115 Å². The highest BCUT2D eigenvalue weighted by molar-refractivity contribution is 7.09. The average molecular weight is 280 g/mol. The maximum atomic E-state index is 11.4. The van der Waals surface area contributed by atoms with Gasteiger partial charge in [0.2, 0.25) is 5.76 Å². The van der Waals surface area contributed by atoms with Crippen LogP contribution in [0.2, 0.25) is 0 Å². The number of furan rings is 1. The van der Waals surface area contributed by atoms with Crippen LogP contribution >= 0.6 is 11.3 Å². The molecule has 0 bridgehead atoms. The van der Waals surface area contributed by atoms with Crippen LogP contribution in [-0.4, -0.2) is 24.6 Å². The first-order valence-electron chi connectivity index (χ1n) is 5.97. The summed E-state index contributed by atoms with van der Waals surface area (Å²) in [5, 5.41) is 6.42. The number of ether oxygens (including phenoxy) is 1. The van der Waals surface area contributed by atoms with Crippen molar-refractivity contribution in [1.29, 1.82) is 0 Å². The van der Waals surface area contributed by atoms with Crippen molar-refractivity contribution >= 4 is 17.3 Å². The topological polar surface area (TPSA) is 64.4 Å². The fraction of sp³-hybridized carbons (Fsp3) is 0.385. The quantitative estimate of drug-likeness (QED) is 0.649. The molecule has 2 aromatic heterocycles. The summed E-state index contributed by atoms with van der Waals surface area (Å²) in [5.74, 6) is -0.183. The van der Waals surface area contributed by atoms with E-state index in [-0.39, 0.29) is 5.76 Å². The molecule has 0 radical (unpaired) electrons. The van der Waals surface area contributed by atoms with Crippen molar-refractivity contribution in [3.05, 3.63) is 39.7 Å². The molecule has 2 aromatic rings. The third kappa shape index (κ3) is 3.65. The molecule has 19 heavy (non-hydrogen) atoms. The van der Waals surface area contributed by atoms with Crippen molar-refractivity contribution in [2.24, 2.45) is 0 Å². The molecule has 0 saturated carbocycles. The monoisotopic (exact) mass is 280 g/mol. The van der Waals surface area contributed by atoms with Crippen molar-refractivity contribution in [2.75, 3.05) is 13.7 Å². The van der Waals surface area contributed by atoms with E-state index in [9.17, 15) is 4.79 Å². The van der Waals surface area contributed by atoms with Crippen molar-refractivity contribution in [3.63, 3.8) is 0 Å². The highest BCUT2D eigenvalue weighted by Crippen LogP contribution is 2.12. The van der Waals surface area contributed by atoms with Crippen LogP contribution in [0.15, 0.2) is 22.1 Å². The molecule has 102 valence electrons. The van der Waals surface area contributed by atoms with Crippen molar-refractivity contribution in [2.45, 2.75) is 19.9 Å². The van der Waals surface area contributed by atoms with Gasteiger partial charge in [-0.15, -0.1) is 11.3 Å². The van der Waals surface area contributed by atoms with Crippen LogP contribution in [0, 0.1) is 6.92 Å². The minimum atomic E-state index is -0.447. The molecular weight excluding hydrogens is 264 g/mol. The summed E-state index contributed by atoms with van der Waals surface area (Å²) in [6.45, 7) is 3.37. The minimum absolute atomic E-state index is 0.264. The summed E-state index contributed by atoms with van der Waals surface area (Å²) in [4.78, 5) is 15.8. The number of esters is 1. The zero-order valence-electron chi connectivity index (χ0n) is 10.9. The van der Waals surface area contributed by atoms with E-state index in [0.717, 1.165) is 29.2 Å². The maximum absolute atomic E-state index is 11.4. The van der Waals surface area contributed by atoms with Crippen LogP contribution in [0.1, 0.15) is 26.8 Å². The van der Waals surface area contributed by atoms with Gasteiger partial charge in [-0.2, -0.15) is 0 Å². The predicted octanol–water partition coefficient (Wildman–Crippen LogP) is 2.16. The van der Waals surface area contributed by atoms with E-state index in [2.05, 4.69) is 15.0 Å². The van der Waals surface area contributed by atoms with Gasteiger partial charge < -0.3 is 14.5 Å². The van der Waals surface area contributed by atoms with Gasteiger partial charge in [0.1, 0.15) is 0 Å². The molecule has 6 heteroatoms. The number of nitrogens with one attached hydrogen (secondary N) is 1. The maximum Gasteiger partial charge on any atom is 0.374 e. The molecule has 0 atom stereocenters. The van der Waals surface area contributed by atoms with Crippen LogP contribution in [0.25, 0.3) is 0 Å². The second kappa shape index (κ2) is 6.49. The third-order valence-corrected chi connectivity index (χ3v) is 3.64. The fourth-order valence-electron chi connectivity index (χ4n) is 1.68.